The van der Waals surface area contributed by atoms with E-state index in [1.165, 1.54) is 15.5 Å². The van der Waals surface area contributed by atoms with Crippen molar-refractivity contribution in [1.29, 1.82) is 0 Å². The first-order valence-corrected chi connectivity index (χ1v) is 14.2. The second-order valence-electron chi connectivity index (χ2n) is 10.4. The molecule has 228 valence electrons. The van der Waals surface area contributed by atoms with Crippen molar-refractivity contribution in [3.8, 4) is 0 Å². The summed E-state index contributed by atoms with van der Waals surface area (Å²) < 4.78 is 47.5. The minimum atomic E-state index is -4.58. The third-order valence-corrected chi connectivity index (χ3v) is 7.36. The molecule has 2 N–H and O–H groups in total. The van der Waals surface area contributed by atoms with E-state index in [1.54, 1.807) is 13.8 Å². The Hall–Kier alpha value is -4.48. The van der Waals surface area contributed by atoms with Gasteiger partial charge in [0.25, 0.3) is 17.2 Å². The fraction of sp³-hybridized carbons (Fsp3) is 0.387. The van der Waals surface area contributed by atoms with E-state index in [1.807, 2.05) is 37.3 Å². The number of halogens is 3. The standard InChI is InChI=1S/C31H34F3N5O4/c1-4-6-12-21-17-22(31(32,33)34)13-14-23(21)29(41)38(16-15-25(35)40)24(5-2)27-36-28-26(19(3)37-43-28)30(42)39(27)18-20-10-8-7-9-11-20/h7-11,13-14,17,24H,4-6,12,15-16,18H2,1-3H3,(H2,35,40). The lowest BCUT2D eigenvalue weighted by atomic mass is 9.97. The largest absolute Gasteiger partial charge is 0.416 e. The Morgan fingerprint density at radius 3 is 2.47 bits per heavy atom. The van der Waals surface area contributed by atoms with E-state index in [0.29, 0.717) is 18.5 Å². The summed E-state index contributed by atoms with van der Waals surface area (Å²) in [6.07, 6.45) is -3.00. The maximum absolute atomic E-state index is 14.2. The summed E-state index contributed by atoms with van der Waals surface area (Å²) >= 11 is 0. The molecule has 0 aliphatic heterocycles. The van der Waals surface area contributed by atoms with Crippen molar-refractivity contribution in [1.82, 2.24) is 19.6 Å². The zero-order valence-electron chi connectivity index (χ0n) is 24.3. The van der Waals surface area contributed by atoms with Crippen molar-refractivity contribution in [2.24, 2.45) is 5.73 Å². The van der Waals surface area contributed by atoms with Crippen LogP contribution >= 0.6 is 0 Å². The number of carbonyl (C=O) groups is 2. The summed E-state index contributed by atoms with van der Waals surface area (Å²) in [6, 6.07) is 11.4. The molecule has 0 saturated carbocycles. The van der Waals surface area contributed by atoms with Gasteiger partial charge in [-0.2, -0.15) is 18.2 Å². The second-order valence-corrected chi connectivity index (χ2v) is 10.4. The Balaban J connectivity index is 1.89. The molecule has 9 nitrogen and oxygen atoms in total. The van der Waals surface area contributed by atoms with Crippen LogP contribution in [0.25, 0.3) is 11.1 Å². The molecule has 0 saturated heterocycles. The SMILES string of the molecule is CCCCc1cc(C(F)(F)F)ccc1C(=O)N(CCC(N)=O)C(CC)c1nc2onc(C)c2c(=O)n1Cc1ccccc1. The van der Waals surface area contributed by atoms with Gasteiger partial charge in [-0.3, -0.25) is 19.0 Å². The highest BCUT2D eigenvalue weighted by Gasteiger charge is 2.34. The molecule has 0 spiro atoms. The van der Waals surface area contributed by atoms with Gasteiger partial charge in [0.15, 0.2) is 0 Å². The molecule has 43 heavy (non-hydrogen) atoms. The number of amides is 2. The minimum absolute atomic E-state index is 0.000673. The number of aromatic nitrogens is 3. The molecule has 1 atom stereocenters. The van der Waals surface area contributed by atoms with Crippen molar-refractivity contribution in [2.75, 3.05) is 6.54 Å². The van der Waals surface area contributed by atoms with Gasteiger partial charge < -0.3 is 15.2 Å². The number of hydrogen-bond acceptors (Lipinski definition) is 6. The van der Waals surface area contributed by atoms with Gasteiger partial charge >= 0.3 is 6.18 Å². The average molecular weight is 598 g/mol. The zero-order valence-corrected chi connectivity index (χ0v) is 24.3. The molecule has 12 heteroatoms. The second kappa shape index (κ2) is 13.2. The fourth-order valence-electron chi connectivity index (χ4n) is 5.14. The molecule has 1 unspecified atom stereocenters. The maximum atomic E-state index is 14.2. The summed E-state index contributed by atoms with van der Waals surface area (Å²) in [5, 5.41) is 4.10. The Labute approximate surface area is 246 Å². The summed E-state index contributed by atoms with van der Waals surface area (Å²) in [5.74, 6) is -1.07. The molecule has 2 heterocycles. The van der Waals surface area contributed by atoms with Gasteiger partial charge in [0.1, 0.15) is 11.2 Å². The van der Waals surface area contributed by atoms with Crippen molar-refractivity contribution in [3.05, 3.63) is 92.7 Å². The predicted molar refractivity (Wildman–Crippen MR) is 154 cm³/mol. The van der Waals surface area contributed by atoms with Gasteiger partial charge in [-0.15, -0.1) is 0 Å². The molecule has 2 aromatic heterocycles. The number of nitrogens with two attached hydrogens (primary N) is 1. The van der Waals surface area contributed by atoms with Crippen LogP contribution < -0.4 is 11.3 Å². The monoisotopic (exact) mass is 597 g/mol. The number of alkyl halides is 3. The van der Waals surface area contributed by atoms with E-state index >= 15 is 0 Å². The van der Waals surface area contributed by atoms with Crippen LogP contribution in [0.2, 0.25) is 0 Å². The van der Waals surface area contributed by atoms with Crippen LogP contribution in [0.15, 0.2) is 57.8 Å². The molecule has 0 fully saturated rings. The van der Waals surface area contributed by atoms with Gasteiger partial charge in [0.2, 0.25) is 5.91 Å². The normalized spacial score (nSPS) is 12.4. The average Bonchev–Trinajstić information content (AvgIpc) is 3.35. The third kappa shape index (κ3) is 6.95. The Morgan fingerprint density at radius 1 is 1.12 bits per heavy atom. The van der Waals surface area contributed by atoms with Crippen molar-refractivity contribution in [3.63, 3.8) is 0 Å². The van der Waals surface area contributed by atoms with Crippen LogP contribution in [0, 0.1) is 6.92 Å². The number of benzene rings is 2. The predicted octanol–water partition coefficient (Wildman–Crippen LogP) is 5.57. The van der Waals surface area contributed by atoms with Crippen LogP contribution in [0.4, 0.5) is 13.2 Å². The molecule has 0 aliphatic rings. The van der Waals surface area contributed by atoms with Crippen molar-refractivity contribution < 1.29 is 27.3 Å². The van der Waals surface area contributed by atoms with Crippen LogP contribution in [0.3, 0.4) is 0 Å². The summed E-state index contributed by atoms with van der Waals surface area (Å²) in [4.78, 5) is 45.9. The first-order chi connectivity index (χ1) is 20.5. The van der Waals surface area contributed by atoms with Crippen LogP contribution in [0.1, 0.15) is 84.1 Å². The number of hydrogen-bond donors (Lipinski definition) is 1. The first kappa shape index (κ1) is 31.5. The lowest BCUT2D eigenvalue weighted by Gasteiger charge is -2.32. The maximum Gasteiger partial charge on any atom is 0.416 e. The first-order valence-electron chi connectivity index (χ1n) is 14.2. The number of aryl methyl sites for hydroxylation is 2. The third-order valence-electron chi connectivity index (χ3n) is 7.36. The van der Waals surface area contributed by atoms with Crippen LogP contribution in [0.5, 0.6) is 0 Å². The Bertz CT molecular complexity index is 1660. The molecule has 4 aromatic rings. The van der Waals surface area contributed by atoms with Crippen molar-refractivity contribution >= 4 is 22.9 Å². The Morgan fingerprint density at radius 2 is 1.84 bits per heavy atom. The lowest BCUT2D eigenvalue weighted by Crippen LogP contribution is -2.41. The van der Waals surface area contributed by atoms with E-state index in [2.05, 4.69) is 10.1 Å². The van der Waals surface area contributed by atoms with Gasteiger partial charge in [0.05, 0.1) is 23.8 Å². The molecule has 0 radical (unpaired) electrons. The van der Waals surface area contributed by atoms with Crippen molar-refractivity contribution in [2.45, 2.75) is 71.6 Å². The highest BCUT2D eigenvalue weighted by molar-refractivity contribution is 5.96. The molecule has 2 amide bonds. The minimum Gasteiger partial charge on any atom is -0.370 e. The van der Waals surface area contributed by atoms with E-state index in [0.717, 1.165) is 17.7 Å². The molecule has 0 bridgehead atoms. The smallest absolute Gasteiger partial charge is 0.370 e. The van der Waals surface area contributed by atoms with E-state index in [4.69, 9.17) is 10.3 Å². The van der Waals surface area contributed by atoms with E-state index in [-0.39, 0.29) is 60.4 Å². The molecule has 4 rings (SSSR count). The molecular formula is C31H34F3N5O4. The highest BCUT2D eigenvalue weighted by Crippen LogP contribution is 2.33. The molecular weight excluding hydrogens is 563 g/mol. The van der Waals surface area contributed by atoms with E-state index in [9.17, 15) is 27.6 Å². The van der Waals surface area contributed by atoms with E-state index < -0.39 is 35.2 Å². The van der Waals surface area contributed by atoms with Gasteiger partial charge in [0, 0.05) is 18.5 Å². The summed E-state index contributed by atoms with van der Waals surface area (Å²) in [7, 11) is 0. The number of unbranched alkanes of at least 4 members (excludes halogenated alkanes) is 1. The van der Waals surface area contributed by atoms with Crippen LogP contribution in [-0.4, -0.2) is 38.0 Å². The van der Waals surface area contributed by atoms with Gasteiger partial charge in [-0.1, -0.05) is 55.8 Å². The number of primary amides is 1. The number of fused-ring (bicyclic) bond motifs is 1. The summed E-state index contributed by atoms with van der Waals surface area (Å²) in [6.45, 7) is 5.30. The topological polar surface area (TPSA) is 124 Å². The molecule has 0 aliphatic carbocycles. The van der Waals surface area contributed by atoms with Gasteiger partial charge in [-0.05, 0) is 55.5 Å². The number of rotatable bonds is 12. The number of carbonyl (C=O) groups excluding carboxylic acids is 2. The number of nitrogens with zero attached hydrogens (tertiary/aromatic N) is 4. The summed E-state index contributed by atoms with van der Waals surface area (Å²) in [5.41, 5.74) is 5.69. The molecule has 2 aromatic carbocycles. The van der Waals surface area contributed by atoms with Crippen LogP contribution in [-0.2, 0) is 23.9 Å². The highest BCUT2D eigenvalue weighted by atomic mass is 19.4. The Kier molecular flexibility index (Phi) is 9.67. The fourth-order valence-corrected chi connectivity index (χ4v) is 5.14. The van der Waals surface area contributed by atoms with Gasteiger partial charge in [-0.25, -0.2) is 0 Å². The lowest BCUT2D eigenvalue weighted by molar-refractivity contribution is -0.137. The quantitative estimate of drug-likeness (QED) is 0.228. The zero-order chi connectivity index (χ0) is 31.3.